The zero-order chi connectivity index (χ0) is 15.2. The van der Waals surface area contributed by atoms with E-state index in [0.717, 1.165) is 5.56 Å². The molecule has 1 aromatic rings. The molecule has 0 aliphatic carbocycles. The Balaban J connectivity index is 2.92. The average molecular weight is 293 g/mol. The molecule has 0 unspecified atom stereocenters. The van der Waals surface area contributed by atoms with Gasteiger partial charge in [-0.2, -0.15) is 13.2 Å². The standard InChI is InChI=1S/C13H18F3NO3/c1-18-10-7-9(3-5-17)8-11(19-2)12(10)20-6-4-13(14,15)16/h7-8H,3-6,17H2,1-2H3. The monoisotopic (exact) mass is 293 g/mol. The van der Waals surface area contributed by atoms with Crippen molar-refractivity contribution in [1.82, 2.24) is 0 Å². The smallest absolute Gasteiger partial charge is 0.392 e. The van der Waals surface area contributed by atoms with Gasteiger partial charge >= 0.3 is 6.18 Å². The van der Waals surface area contributed by atoms with Crippen LogP contribution in [0.5, 0.6) is 17.2 Å². The Morgan fingerprint density at radius 1 is 1.10 bits per heavy atom. The van der Waals surface area contributed by atoms with E-state index in [9.17, 15) is 13.2 Å². The third-order valence-corrected chi connectivity index (χ3v) is 2.59. The number of halogens is 3. The molecule has 0 fully saturated rings. The van der Waals surface area contributed by atoms with E-state index in [2.05, 4.69) is 0 Å². The van der Waals surface area contributed by atoms with Gasteiger partial charge in [-0.1, -0.05) is 0 Å². The molecule has 2 N–H and O–H groups in total. The SMILES string of the molecule is COc1cc(CCN)cc(OC)c1OCCC(F)(F)F. The van der Waals surface area contributed by atoms with Gasteiger partial charge in [-0.25, -0.2) is 0 Å². The number of alkyl halides is 3. The quantitative estimate of drug-likeness (QED) is 0.839. The molecule has 0 aromatic heterocycles. The Morgan fingerprint density at radius 3 is 2.05 bits per heavy atom. The lowest BCUT2D eigenvalue weighted by atomic mass is 10.1. The van der Waals surface area contributed by atoms with Crippen LogP contribution in [0.3, 0.4) is 0 Å². The summed E-state index contributed by atoms with van der Waals surface area (Å²) < 4.78 is 51.8. The molecular formula is C13H18F3NO3. The fourth-order valence-electron chi connectivity index (χ4n) is 1.66. The van der Waals surface area contributed by atoms with Gasteiger partial charge in [-0.05, 0) is 30.7 Å². The number of nitrogens with two attached hydrogens (primary N) is 1. The number of hydrogen-bond donors (Lipinski definition) is 1. The molecule has 1 rings (SSSR count). The fraction of sp³-hybridized carbons (Fsp3) is 0.538. The predicted molar refractivity (Wildman–Crippen MR) is 68.5 cm³/mol. The fourth-order valence-corrected chi connectivity index (χ4v) is 1.66. The van der Waals surface area contributed by atoms with Crippen molar-refractivity contribution in [3.8, 4) is 17.2 Å². The van der Waals surface area contributed by atoms with Crippen molar-refractivity contribution in [3.63, 3.8) is 0 Å². The Kier molecular flexibility index (Phi) is 5.94. The van der Waals surface area contributed by atoms with E-state index in [4.69, 9.17) is 19.9 Å². The molecule has 7 heteroatoms. The predicted octanol–water partition coefficient (Wildman–Crippen LogP) is 2.54. The van der Waals surface area contributed by atoms with Gasteiger partial charge < -0.3 is 19.9 Å². The summed E-state index contributed by atoms with van der Waals surface area (Å²) in [4.78, 5) is 0. The summed E-state index contributed by atoms with van der Waals surface area (Å²) in [6, 6.07) is 3.36. The van der Waals surface area contributed by atoms with E-state index < -0.39 is 19.2 Å². The van der Waals surface area contributed by atoms with E-state index in [1.807, 2.05) is 0 Å². The Labute approximate surface area is 115 Å². The van der Waals surface area contributed by atoms with Gasteiger partial charge in [0.15, 0.2) is 11.5 Å². The summed E-state index contributed by atoms with van der Waals surface area (Å²) in [5, 5.41) is 0. The molecule has 0 saturated heterocycles. The largest absolute Gasteiger partial charge is 0.493 e. The van der Waals surface area contributed by atoms with Crippen LogP contribution >= 0.6 is 0 Å². The molecule has 0 amide bonds. The summed E-state index contributed by atoms with van der Waals surface area (Å²) in [6.07, 6.45) is -4.70. The molecule has 20 heavy (non-hydrogen) atoms. The van der Waals surface area contributed by atoms with Gasteiger partial charge in [0.05, 0.1) is 27.2 Å². The van der Waals surface area contributed by atoms with Gasteiger partial charge in [0.1, 0.15) is 0 Å². The minimum Gasteiger partial charge on any atom is -0.493 e. The Hall–Kier alpha value is -1.63. The Morgan fingerprint density at radius 2 is 1.65 bits per heavy atom. The highest BCUT2D eigenvalue weighted by molar-refractivity contribution is 5.54. The number of methoxy groups -OCH3 is 2. The first kappa shape index (κ1) is 16.4. The van der Waals surface area contributed by atoms with Crippen LogP contribution in [-0.4, -0.2) is 33.5 Å². The second-order valence-corrected chi connectivity index (χ2v) is 4.08. The van der Waals surface area contributed by atoms with Crippen molar-refractivity contribution in [2.45, 2.75) is 19.0 Å². The maximum Gasteiger partial charge on any atom is 0.392 e. The lowest BCUT2D eigenvalue weighted by Crippen LogP contribution is -2.13. The number of ether oxygens (including phenoxy) is 3. The van der Waals surface area contributed by atoms with Crippen molar-refractivity contribution in [1.29, 1.82) is 0 Å². The number of benzene rings is 1. The molecule has 0 spiro atoms. The molecule has 0 radical (unpaired) electrons. The van der Waals surface area contributed by atoms with Crippen LogP contribution in [0.15, 0.2) is 12.1 Å². The van der Waals surface area contributed by atoms with Crippen molar-refractivity contribution >= 4 is 0 Å². The summed E-state index contributed by atoms with van der Waals surface area (Å²) in [5.41, 5.74) is 6.34. The molecule has 0 atom stereocenters. The first-order valence-electron chi connectivity index (χ1n) is 6.05. The molecule has 4 nitrogen and oxygen atoms in total. The average Bonchev–Trinajstić information content (AvgIpc) is 2.38. The molecular weight excluding hydrogens is 275 g/mol. The lowest BCUT2D eigenvalue weighted by molar-refractivity contribution is -0.139. The Bertz CT molecular complexity index is 410. The summed E-state index contributed by atoms with van der Waals surface area (Å²) in [6.45, 7) is -0.0486. The van der Waals surface area contributed by atoms with Crippen LogP contribution in [0.1, 0.15) is 12.0 Å². The molecule has 0 heterocycles. The van der Waals surface area contributed by atoms with Crippen molar-refractivity contribution in [2.75, 3.05) is 27.4 Å². The summed E-state index contributed by atoms with van der Waals surface area (Å²) in [5.74, 6) is 0.824. The van der Waals surface area contributed by atoms with Crippen molar-refractivity contribution in [3.05, 3.63) is 17.7 Å². The van der Waals surface area contributed by atoms with Crippen LogP contribution in [-0.2, 0) is 6.42 Å². The molecule has 1 aromatic carbocycles. The van der Waals surface area contributed by atoms with E-state index in [0.29, 0.717) is 24.5 Å². The van der Waals surface area contributed by atoms with Crippen LogP contribution in [0.25, 0.3) is 0 Å². The first-order chi connectivity index (χ1) is 9.41. The maximum absolute atomic E-state index is 12.1. The van der Waals surface area contributed by atoms with E-state index in [-0.39, 0.29) is 5.75 Å². The normalized spacial score (nSPS) is 11.3. The number of rotatable bonds is 7. The second kappa shape index (κ2) is 7.23. The van der Waals surface area contributed by atoms with E-state index >= 15 is 0 Å². The zero-order valence-corrected chi connectivity index (χ0v) is 11.4. The highest BCUT2D eigenvalue weighted by Gasteiger charge is 2.27. The van der Waals surface area contributed by atoms with E-state index in [1.165, 1.54) is 14.2 Å². The van der Waals surface area contributed by atoms with Crippen LogP contribution < -0.4 is 19.9 Å². The summed E-state index contributed by atoms with van der Waals surface area (Å²) >= 11 is 0. The minimum absolute atomic E-state index is 0.167. The van der Waals surface area contributed by atoms with Crippen LogP contribution in [0, 0.1) is 0 Å². The lowest BCUT2D eigenvalue weighted by Gasteiger charge is -2.16. The van der Waals surface area contributed by atoms with Gasteiger partial charge in [-0.3, -0.25) is 0 Å². The molecule has 0 saturated carbocycles. The third-order valence-electron chi connectivity index (χ3n) is 2.59. The van der Waals surface area contributed by atoms with Gasteiger partial charge in [0.25, 0.3) is 0 Å². The van der Waals surface area contributed by atoms with Crippen molar-refractivity contribution in [2.24, 2.45) is 5.73 Å². The van der Waals surface area contributed by atoms with E-state index in [1.54, 1.807) is 12.1 Å². The highest BCUT2D eigenvalue weighted by atomic mass is 19.4. The van der Waals surface area contributed by atoms with Crippen LogP contribution in [0.2, 0.25) is 0 Å². The second-order valence-electron chi connectivity index (χ2n) is 4.08. The van der Waals surface area contributed by atoms with Crippen LogP contribution in [0.4, 0.5) is 13.2 Å². The molecule has 0 aliphatic heterocycles. The highest BCUT2D eigenvalue weighted by Crippen LogP contribution is 2.39. The zero-order valence-electron chi connectivity index (χ0n) is 11.4. The molecule has 0 aliphatic rings. The minimum atomic E-state index is -4.26. The molecule has 0 bridgehead atoms. The van der Waals surface area contributed by atoms with Gasteiger partial charge in [0, 0.05) is 0 Å². The van der Waals surface area contributed by atoms with Crippen molar-refractivity contribution < 1.29 is 27.4 Å². The summed E-state index contributed by atoms with van der Waals surface area (Å²) in [7, 11) is 2.83. The third kappa shape index (κ3) is 4.80. The maximum atomic E-state index is 12.1. The number of hydrogen-bond acceptors (Lipinski definition) is 4. The van der Waals surface area contributed by atoms with Gasteiger partial charge in [0.2, 0.25) is 5.75 Å². The first-order valence-corrected chi connectivity index (χ1v) is 6.05. The topological polar surface area (TPSA) is 53.7 Å². The molecule has 114 valence electrons. The van der Waals surface area contributed by atoms with Gasteiger partial charge in [-0.15, -0.1) is 0 Å².